The molecule has 1 aliphatic carbocycles. The number of nitrogens with zero attached hydrogens (tertiary/aromatic N) is 2. The van der Waals surface area contributed by atoms with Gasteiger partial charge in [-0.15, -0.1) is 0 Å². The summed E-state index contributed by atoms with van der Waals surface area (Å²) in [7, 11) is 0. The number of pyridine rings is 1. The Hall–Kier alpha value is -2.43. The molecule has 1 aromatic heterocycles. The number of hydrogen-bond acceptors (Lipinski definition) is 3. The maximum Gasteiger partial charge on any atom is 0.269 e. The average Bonchev–Trinajstić information content (AvgIpc) is 2.72. The molecular formula is C22H27N3O2. The topological polar surface area (TPSA) is 62.3 Å². The maximum absolute atomic E-state index is 12.7. The molecule has 1 N–H and O–H groups in total. The van der Waals surface area contributed by atoms with Crippen molar-refractivity contribution in [3.8, 4) is 0 Å². The third kappa shape index (κ3) is 3.97. The second kappa shape index (κ2) is 8.07. The van der Waals surface area contributed by atoms with Crippen LogP contribution in [0.1, 0.15) is 55.4 Å². The Bertz CT molecular complexity index is 833. The number of rotatable bonds is 4. The molecule has 27 heavy (non-hydrogen) atoms. The Kier molecular flexibility index (Phi) is 5.37. The number of fused-ring (bicyclic) bond motifs is 2. The number of hydrogen-bond donors (Lipinski definition) is 1. The molecule has 2 amide bonds. The van der Waals surface area contributed by atoms with E-state index in [9.17, 15) is 9.59 Å². The van der Waals surface area contributed by atoms with Crippen molar-refractivity contribution in [3.63, 3.8) is 0 Å². The van der Waals surface area contributed by atoms with Crippen LogP contribution in [0.25, 0.3) is 10.8 Å². The van der Waals surface area contributed by atoms with Gasteiger partial charge in [0.25, 0.3) is 5.91 Å². The van der Waals surface area contributed by atoms with Gasteiger partial charge < -0.3 is 10.2 Å². The summed E-state index contributed by atoms with van der Waals surface area (Å²) in [5, 5.41) is 4.86. The van der Waals surface area contributed by atoms with E-state index in [1.165, 1.54) is 25.7 Å². The van der Waals surface area contributed by atoms with Crippen molar-refractivity contribution in [2.24, 2.45) is 5.92 Å². The highest BCUT2D eigenvalue weighted by atomic mass is 16.2. The molecule has 2 atom stereocenters. The van der Waals surface area contributed by atoms with Crippen molar-refractivity contribution in [1.82, 2.24) is 15.2 Å². The number of carbonyl (C=O) groups is 2. The number of likely N-dealkylation sites (tertiary alicyclic amines) is 1. The molecule has 142 valence electrons. The fourth-order valence-corrected chi connectivity index (χ4v) is 4.66. The maximum atomic E-state index is 12.7. The first-order valence-electron chi connectivity index (χ1n) is 10.1. The van der Waals surface area contributed by atoms with E-state index in [1.807, 2.05) is 24.3 Å². The fraction of sp³-hybridized carbons (Fsp3) is 0.500. The minimum Gasteiger partial charge on any atom is -0.350 e. The lowest BCUT2D eigenvalue weighted by molar-refractivity contribution is -0.137. The molecule has 2 fully saturated rings. The predicted octanol–water partition coefficient (Wildman–Crippen LogP) is 3.54. The number of nitrogens with one attached hydrogen (secondary N) is 1. The summed E-state index contributed by atoms with van der Waals surface area (Å²) < 4.78 is 0. The first kappa shape index (κ1) is 18.0. The van der Waals surface area contributed by atoms with Gasteiger partial charge in [-0.3, -0.25) is 14.6 Å². The van der Waals surface area contributed by atoms with Gasteiger partial charge >= 0.3 is 0 Å². The third-order valence-electron chi connectivity index (χ3n) is 6.05. The van der Waals surface area contributed by atoms with Crippen LogP contribution in [0.5, 0.6) is 0 Å². The van der Waals surface area contributed by atoms with Crippen LogP contribution >= 0.6 is 0 Å². The van der Waals surface area contributed by atoms with Crippen molar-refractivity contribution in [2.75, 3.05) is 13.1 Å². The smallest absolute Gasteiger partial charge is 0.269 e. The normalized spacial score (nSPS) is 22.3. The highest BCUT2D eigenvalue weighted by Crippen LogP contribution is 2.35. The molecule has 0 radical (unpaired) electrons. The lowest BCUT2D eigenvalue weighted by Crippen LogP contribution is -2.50. The summed E-state index contributed by atoms with van der Waals surface area (Å²) in [4.78, 5) is 31.4. The molecule has 2 aliphatic rings. The van der Waals surface area contributed by atoms with E-state index in [2.05, 4.69) is 15.2 Å². The molecule has 1 aliphatic heterocycles. The summed E-state index contributed by atoms with van der Waals surface area (Å²) in [6.45, 7) is 1.24. The van der Waals surface area contributed by atoms with Gasteiger partial charge in [0.15, 0.2) is 0 Å². The molecule has 1 saturated carbocycles. The van der Waals surface area contributed by atoms with Crippen LogP contribution in [0.2, 0.25) is 0 Å². The number of piperidine rings is 1. The molecule has 5 nitrogen and oxygen atoms in total. The third-order valence-corrected chi connectivity index (χ3v) is 6.05. The van der Waals surface area contributed by atoms with E-state index in [0.717, 1.165) is 30.2 Å². The Morgan fingerprint density at radius 3 is 2.74 bits per heavy atom. The van der Waals surface area contributed by atoms with E-state index < -0.39 is 0 Å². The van der Waals surface area contributed by atoms with Crippen molar-refractivity contribution >= 4 is 22.6 Å². The van der Waals surface area contributed by atoms with Gasteiger partial charge in [-0.05, 0) is 43.1 Å². The average molecular weight is 365 g/mol. The Morgan fingerprint density at radius 1 is 1.07 bits per heavy atom. The zero-order valence-corrected chi connectivity index (χ0v) is 15.7. The van der Waals surface area contributed by atoms with Gasteiger partial charge in [0.05, 0.1) is 0 Å². The predicted molar refractivity (Wildman–Crippen MR) is 105 cm³/mol. The van der Waals surface area contributed by atoms with Crippen LogP contribution < -0.4 is 5.32 Å². The molecular weight excluding hydrogens is 338 g/mol. The molecule has 4 rings (SSSR count). The zero-order chi connectivity index (χ0) is 18.6. The molecule has 1 saturated heterocycles. The van der Waals surface area contributed by atoms with Gasteiger partial charge in [0, 0.05) is 37.1 Å². The minimum atomic E-state index is -0.220. The van der Waals surface area contributed by atoms with Crippen LogP contribution in [0.15, 0.2) is 36.5 Å². The Labute approximate surface area is 160 Å². The Balaban J connectivity index is 1.31. The molecule has 2 heterocycles. The molecule has 2 unspecified atom stereocenters. The summed E-state index contributed by atoms with van der Waals surface area (Å²) in [6.07, 6.45) is 9.39. The highest BCUT2D eigenvalue weighted by molar-refractivity contribution is 5.96. The van der Waals surface area contributed by atoms with Gasteiger partial charge in [-0.1, -0.05) is 37.1 Å². The molecule has 5 heteroatoms. The summed E-state index contributed by atoms with van der Waals surface area (Å²) in [6, 6.07) is 10.1. The van der Waals surface area contributed by atoms with Crippen molar-refractivity contribution in [1.29, 1.82) is 0 Å². The Morgan fingerprint density at radius 2 is 1.85 bits per heavy atom. The number of aromatic nitrogens is 1. The minimum absolute atomic E-state index is 0.179. The van der Waals surface area contributed by atoms with E-state index in [0.29, 0.717) is 30.6 Å². The second-order valence-corrected chi connectivity index (χ2v) is 7.76. The fourth-order valence-electron chi connectivity index (χ4n) is 4.66. The van der Waals surface area contributed by atoms with E-state index in [4.69, 9.17) is 0 Å². The summed E-state index contributed by atoms with van der Waals surface area (Å²) in [5.41, 5.74) is 0.395. The van der Waals surface area contributed by atoms with Gasteiger partial charge in [0.2, 0.25) is 5.91 Å². The number of benzene rings is 1. The van der Waals surface area contributed by atoms with Gasteiger partial charge in [-0.25, -0.2) is 0 Å². The largest absolute Gasteiger partial charge is 0.350 e. The lowest BCUT2D eigenvalue weighted by Gasteiger charge is -2.44. The molecule has 1 aromatic carbocycles. The highest BCUT2D eigenvalue weighted by Gasteiger charge is 2.35. The van der Waals surface area contributed by atoms with Crippen molar-refractivity contribution in [2.45, 2.75) is 51.0 Å². The van der Waals surface area contributed by atoms with Crippen LogP contribution in [0.3, 0.4) is 0 Å². The van der Waals surface area contributed by atoms with Crippen molar-refractivity contribution in [3.05, 3.63) is 42.2 Å². The van der Waals surface area contributed by atoms with E-state index >= 15 is 0 Å². The molecule has 0 bridgehead atoms. The number of amides is 2. The quantitative estimate of drug-likeness (QED) is 0.901. The van der Waals surface area contributed by atoms with E-state index in [1.54, 1.807) is 12.3 Å². The summed E-state index contributed by atoms with van der Waals surface area (Å²) in [5.74, 6) is 0.647. The first-order valence-corrected chi connectivity index (χ1v) is 10.1. The summed E-state index contributed by atoms with van der Waals surface area (Å²) >= 11 is 0. The van der Waals surface area contributed by atoms with Crippen molar-refractivity contribution < 1.29 is 9.59 Å². The monoisotopic (exact) mass is 365 g/mol. The second-order valence-electron chi connectivity index (χ2n) is 7.76. The van der Waals surface area contributed by atoms with E-state index in [-0.39, 0.29) is 11.8 Å². The van der Waals surface area contributed by atoms with Gasteiger partial charge in [0.1, 0.15) is 5.69 Å². The first-order chi connectivity index (χ1) is 13.2. The number of carbonyl (C=O) groups excluding carboxylic acids is 2. The standard InChI is InChI=1S/C22H27N3O2/c26-21(25-13-5-9-16-6-3-4-10-20(16)25)11-12-23-22(27)19-14-17-7-1-2-8-18(17)15-24-19/h1-2,7-8,14-16,20H,3-6,9-13H2,(H,23,27). The lowest BCUT2D eigenvalue weighted by atomic mass is 9.78. The SMILES string of the molecule is O=C(NCCC(=O)N1CCCC2CCCCC21)c1cc2ccccc2cn1. The van der Waals surface area contributed by atoms with Crippen LogP contribution in [0, 0.1) is 5.92 Å². The van der Waals surface area contributed by atoms with Crippen LogP contribution in [0.4, 0.5) is 0 Å². The molecule has 2 aromatic rings. The zero-order valence-electron chi connectivity index (χ0n) is 15.7. The van der Waals surface area contributed by atoms with Crippen LogP contribution in [-0.4, -0.2) is 40.8 Å². The molecule has 0 spiro atoms. The van der Waals surface area contributed by atoms with Crippen LogP contribution in [-0.2, 0) is 4.79 Å². The van der Waals surface area contributed by atoms with Gasteiger partial charge in [-0.2, -0.15) is 0 Å².